The van der Waals surface area contributed by atoms with Crippen molar-refractivity contribution in [2.75, 3.05) is 20.2 Å². The van der Waals surface area contributed by atoms with Gasteiger partial charge < -0.3 is 14.2 Å². The van der Waals surface area contributed by atoms with Crippen LogP contribution in [0.4, 0.5) is 0 Å². The van der Waals surface area contributed by atoms with E-state index in [0.29, 0.717) is 25.4 Å². The van der Waals surface area contributed by atoms with Crippen LogP contribution in [0.2, 0.25) is 0 Å². The van der Waals surface area contributed by atoms with Gasteiger partial charge in [0.2, 0.25) is 5.91 Å². The highest BCUT2D eigenvalue weighted by Gasteiger charge is 2.26. The van der Waals surface area contributed by atoms with E-state index in [2.05, 4.69) is 15.1 Å². The minimum atomic E-state index is 0.176. The fraction of sp³-hybridized carbons (Fsp3) is 0.417. The van der Waals surface area contributed by atoms with Crippen LogP contribution in [-0.4, -0.2) is 46.1 Å². The van der Waals surface area contributed by atoms with Gasteiger partial charge in [-0.25, -0.2) is 9.97 Å². The van der Waals surface area contributed by atoms with Gasteiger partial charge in [-0.05, 0) is 26.2 Å². The summed E-state index contributed by atoms with van der Waals surface area (Å²) in [6.07, 6.45) is 6.39. The minimum absolute atomic E-state index is 0.176. The molecule has 7 heteroatoms. The van der Waals surface area contributed by atoms with Crippen molar-refractivity contribution in [3.63, 3.8) is 0 Å². The number of rotatable bonds is 7. The van der Waals surface area contributed by atoms with Crippen LogP contribution in [0, 0.1) is 6.92 Å². The van der Waals surface area contributed by atoms with Crippen molar-refractivity contribution >= 4 is 5.91 Å². The van der Waals surface area contributed by atoms with Crippen LogP contribution < -0.4 is 0 Å². The summed E-state index contributed by atoms with van der Waals surface area (Å²) in [5.74, 6) is 1.28. The van der Waals surface area contributed by atoms with Crippen molar-refractivity contribution < 1.29 is 14.1 Å². The van der Waals surface area contributed by atoms with Crippen molar-refractivity contribution in [3.8, 4) is 11.3 Å². The van der Waals surface area contributed by atoms with Gasteiger partial charge in [-0.2, -0.15) is 0 Å². The number of ether oxygens (including phenoxy) is 1. The zero-order chi connectivity index (χ0) is 21.6. The summed E-state index contributed by atoms with van der Waals surface area (Å²) in [5.41, 5.74) is 4.90. The van der Waals surface area contributed by atoms with Gasteiger partial charge in [0.1, 0.15) is 17.8 Å². The Bertz CT molecular complexity index is 1010. The third-order valence-electron chi connectivity index (χ3n) is 5.85. The Balaban J connectivity index is 1.34. The number of likely N-dealkylation sites (tertiary alicyclic amines) is 1. The van der Waals surface area contributed by atoms with Gasteiger partial charge in [-0.15, -0.1) is 0 Å². The first kappa shape index (κ1) is 21.2. The number of aromatic nitrogens is 3. The molecule has 0 unspecified atom stereocenters. The number of benzene rings is 1. The molecular formula is C24H28N4O3. The molecule has 0 radical (unpaired) electrons. The number of piperidine rings is 1. The standard InChI is InChI=1S/C24H28N4O3/c1-17-25-14-21(15-30-2)23(26-17)19-10-12-28(13-11-19)22(29)9-8-20-16-31-27-24(20)18-6-4-3-5-7-18/h3-7,14,16,19H,8-13,15H2,1-2H3. The van der Waals surface area contributed by atoms with Gasteiger partial charge in [0, 0.05) is 55.4 Å². The number of carbonyl (C=O) groups excluding carboxylic acids is 1. The number of methoxy groups -OCH3 is 1. The van der Waals surface area contributed by atoms with Gasteiger partial charge in [-0.1, -0.05) is 35.5 Å². The summed E-state index contributed by atoms with van der Waals surface area (Å²) >= 11 is 0. The van der Waals surface area contributed by atoms with Gasteiger partial charge in [0.15, 0.2) is 0 Å². The molecule has 1 aliphatic rings. The number of amides is 1. The first-order valence-corrected chi connectivity index (χ1v) is 10.7. The zero-order valence-corrected chi connectivity index (χ0v) is 18.1. The van der Waals surface area contributed by atoms with E-state index >= 15 is 0 Å². The quantitative estimate of drug-likeness (QED) is 0.576. The lowest BCUT2D eigenvalue weighted by molar-refractivity contribution is -0.132. The van der Waals surface area contributed by atoms with Crippen LogP contribution in [0.15, 0.2) is 47.3 Å². The van der Waals surface area contributed by atoms with E-state index in [1.165, 1.54) is 0 Å². The Morgan fingerprint density at radius 1 is 1.19 bits per heavy atom. The summed E-state index contributed by atoms with van der Waals surface area (Å²) < 4.78 is 10.5. The lowest BCUT2D eigenvalue weighted by Crippen LogP contribution is -2.38. The van der Waals surface area contributed by atoms with Crippen molar-refractivity contribution in [3.05, 3.63) is 65.4 Å². The molecule has 1 fully saturated rings. The molecule has 0 saturated carbocycles. The maximum atomic E-state index is 12.8. The van der Waals surface area contributed by atoms with Crippen molar-refractivity contribution in [2.24, 2.45) is 0 Å². The number of carbonyl (C=O) groups is 1. The van der Waals surface area contributed by atoms with Gasteiger partial charge in [0.25, 0.3) is 0 Å². The predicted molar refractivity (Wildman–Crippen MR) is 116 cm³/mol. The highest BCUT2D eigenvalue weighted by molar-refractivity contribution is 5.77. The van der Waals surface area contributed by atoms with Crippen LogP contribution in [0.25, 0.3) is 11.3 Å². The lowest BCUT2D eigenvalue weighted by Gasteiger charge is -2.32. The summed E-state index contributed by atoms with van der Waals surface area (Å²) in [7, 11) is 1.68. The molecule has 0 aliphatic carbocycles. The maximum absolute atomic E-state index is 12.8. The summed E-state index contributed by atoms with van der Waals surface area (Å²) in [6.45, 7) is 3.91. The van der Waals surface area contributed by atoms with Crippen molar-refractivity contribution in [2.45, 2.75) is 45.1 Å². The van der Waals surface area contributed by atoms with Crippen LogP contribution in [0.5, 0.6) is 0 Å². The molecule has 0 N–H and O–H groups in total. The monoisotopic (exact) mass is 420 g/mol. The van der Waals surface area contributed by atoms with Gasteiger partial charge in [-0.3, -0.25) is 4.79 Å². The molecule has 7 nitrogen and oxygen atoms in total. The zero-order valence-electron chi connectivity index (χ0n) is 18.1. The Kier molecular flexibility index (Phi) is 6.72. The average Bonchev–Trinajstić information content (AvgIpc) is 3.28. The van der Waals surface area contributed by atoms with Crippen LogP contribution >= 0.6 is 0 Å². The Morgan fingerprint density at radius 2 is 1.97 bits per heavy atom. The average molecular weight is 421 g/mol. The number of hydrogen-bond acceptors (Lipinski definition) is 6. The molecule has 1 saturated heterocycles. The Morgan fingerprint density at radius 3 is 2.71 bits per heavy atom. The Labute approximate surface area is 182 Å². The summed E-state index contributed by atoms with van der Waals surface area (Å²) in [6, 6.07) is 9.92. The lowest BCUT2D eigenvalue weighted by atomic mass is 9.90. The SMILES string of the molecule is COCc1cnc(C)nc1C1CCN(C(=O)CCc2conc2-c2ccccc2)CC1. The number of hydrogen-bond donors (Lipinski definition) is 0. The molecule has 1 aromatic carbocycles. The molecule has 0 bridgehead atoms. The molecule has 3 aromatic rings. The largest absolute Gasteiger partial charge is 0.380 e. The van der Waals surface area contributed by atoms with Gasteiger partial charge >= 0.3 is 0 Å². The van der Waals surface area contributed by atoms with E-state index in [-0.39, 0.29) is 5.91 Å². The molecule has 31 heavy (non-hydrogen) atoms. The third-order valence-corrected chi connectivity index (χ3v) is 5.85. The van der Waals surface area contributed by atoms with Crippen molar-refractivity contribution in [1.29, 1.82) is 0 Å². The molecule has 2 aromatic heterocycles. The van der Waals surface area contributed by atoms with E-state index < -0.39 is 0 Å². The molecule has 0 spiro atoms. The third kappa shape index (κ3) is 4.99. The van der Waals surface area contributed by atoms with Crippen LogP contribution in [0.1, 0.15) is 47.8 Å². The fourth-order valence-electron chi connectivity index (χ4n) is 4.20. The molecule has 0 atom stereocenters. The van der Waals surface area contributed by atoms with E-state index in [1.54, 1.807) is 13.4 Å². The number of nitrogens with zero attached hydrogens (tertiary/aromatic N) is 4. The normalized spacial score (nSPS) is 14.7. The molecular weight excluding hydrogens is 392 g/mol. The second-order valence-electron chi connectivity index (χ2n) is 7.97. The second-order valence-corrected chi connectivity index (χ2v) is 7.97. The van der Waals surface area contributed by atoms with E-state index in [4.69, 9.17) is 9.26 Å². The van der Waals surface area contributed by atoms with Crippen molar-refractivity contribution in [1.82, 2.24) is 20.0 Å². The highest BCUT2D eigenvalue weighted by atomic mass is 16.5. The highest BCUT2D eigenvalue weighted by Crippen LogP contribution is 2.30. The topological polar surface area (TPSA) is 81.4 Å². The molecule has 3 heterocycles. The molecule has 1 amide bonds. The molecule has 4 rings (SSSR count). The summed E-state index contributed by atoms with van der Waals surface area (Å²) in [5, 5.41) is 4.13. The van der Waals surface area contributed by atoms with E-state index in [1.807, 2.05) is 48.4 Å². The maximum Gasteiger partial charge on any atom is 0.222 e. The first-order chi connectivity index (χ1) is 15.2. The minimum Gasteiger partial charge on any atom is -0.380 e. The molecule has 1 aliphatic heterocycles. The predicted octanol–water partition coefficient (Wildman–Crippen LogP) is 3.93. The van der Waals surface area contributed by atoms with E-state index in [9.17, 15) is 4.79 Å². The molecule has 162 valence electrons. The summed E-state index contributed by atoms with van der Waals surface area (Å²) in [4.78, 5) is 23.8. The van der Waals surface area contributed by atoms with Gasteiger partial charge in [0.05, 0.1) is 12.3 Å². The first-order valence-electron chi connectivity index (χ1n) is 10.7. The second kappa shape index (κ2) is 9.83. The van der Waals surface area contributed by atoms with E-state index in [0.717, 1.165) is 59.8 Å². The van der Waals surface area contributed by atoms with Crippen LogP contribution in [-0.2, 0) is 22.6 Å². The smallest absolute Gasteiger partial charge is 0.222 e. The van der Waals surface area contributed by atoms with Crippen LogP contribution in [0.3, 0.4) is 0 Å². The fourth-order valence-corrected chi connectivity index (χ4v) is 4.20. The number of aryl methyl sites for hydroxylation is 2. The Hall–Kier alpha value is -3.06.